The van der Waals surface area contributed by atoms with E-state index >= 15 is 0 Å². The molecule has 180 valence electrons. The van der Waals surface area contributed by atoms with Crippen molar-refractivity contribution in [2.24, 2.45) is 5.73 Å². The lowest BCUT2D eigenvalue weighted by Crippen LogP contribution is -2.74. The van der Waals surface area contributed by atoms with Crippen molar-refractivity contribution in [3.8, 4) is 5.75 Å². The maximum atomic E-state index is 13.1. The first kappa shape index (κ1) is 24.0. The van der Waals surface area contributed by atoms with Gasteiger partial charge in [0.15, 0.2) is 6.04 Å². The Kier molecular flexibility index (Phi) is 7.12. The number of likely N-dealkylation sites (tertiary alicyclic amines) is 1. The fourth-order valence-corrected chi connectivity index (χ4v) is 3.82. The zero-order valence-electron chi connectivity index (χ0n) is 19.3. The molecule has 0 aliphatic carbocycles. The van der Waals surface area contributed by atoms with Crippen LogP contribution in [0.25, 0.3) is 0 Å². The Morgan fingerprint density at radius 3 is 2.03 bits per heavy atom. The Morgan fingerprint density at radius 2 is 1.49 bits per heavy atom. The van der Waals surface area contributed by atoms with Gasteiger partial charge in [-0.2, -0.15) is 0 Å². The van der Waals surface area contributed by atoms with E-state index in [4.69, 9.17) is 19.9 Å². The number of benzene rings is 3. The van der Waals surface area contributed by atoms with E-state index in [1.54, 1.807) is 24.3 Å². The Hall–Kier alpha value is -4.17. The summed E-state index contributed by atoms with van der Waals surface area (Å²) >= 11 is 0. The third-order valence-corrected chi connectivity index (χ3v) is 5.56. The summed E-state index contributed by atoms with van der Waals surface area (Å²) in [7, 11) is 0. The normalized spacial score (nSPS) is 17.8. The number of rotatable bonds is 9. The first-order chi connectivity index (χ1) is 16.9. The van der Waals surface area contributed by atoms with Crippen molar-refractivity contribution in [2.45, 2.75) is 31.9 Å². The maximum absolute atomic E-state index is 13.1. The molecule has 1 amide bonds. The predicted octanol–water partition coefficient (Wildman–Crippen LogP) is 3.11. The molecule has 8 nitrogen and oxygen atoms in total. The molecule has 4 rings (SSSR count). The number of carbonyl (C=O) groups excluding carboxylic acids is 3. The first-order valence-corrected chi connectivity index (χ1v) is 11.1. The van der Waals surface area contributed by atoms with Gasteiger partial charge in [-0.05, 0) is 28.8 Å². The van der Waals surface area contributed by atoms with Gasteiger partial charge >= 0.3 is 11.9 Å². The Labute approximate surface area is 203 Å². The molecule has 0 spiro atoms. The minimum Gasteiger partial charge on any atom is -0.489 e. The molecule has 1 unspecified atom stereocenters. The van der Waals surface area contributed by atoms with Crippen molar-refractivity contribution < 1.29 is 28.6 Å². The van der Waals surface area contributed by atoms with E-state index in [1.807, 2.05) is 60.7 Å². The summed E-state index contributed by atoms with van der Waals surface area (Å²) in [4.78, 5) is 38.6. The molecule has 0 radical (unpaired) electrons. The second-order valence-electron chi connectivity index (χ2n) is 8.26. The van der Waals surface area contributed by atoms with Gasteiger partial charge in [0.05, 0.1) is 6.54 Å². The smallest absolute Gasteiger partial charge is 0.333 e. The Bertz CT molecular complexity index is 1180. The van der Waals surface area contributed by atoms with Crippen molar-refractivity contribution in [2.75, 3.05) is 6.54 Å². The number of nitrogens with zero attached hydrogens (tertiary/aromatic N) is 1. The summed E-state index contributed by atoms with van der Waals surface area (Å²) in [5, 5.41) is 0. The topological polar surface area (TPSA) is 108 Å². The second kappa shape index (κ2) is 10.4. The van der Waals surface area contributed by atoms with E-state index in [2.05, 4.69) is 0 Å². The summed E-state index contributed by atoms with van der Waals surface area (Å²) in [6.45, 7) is 1.48. The average Bonchev–Trinajstić information content (AvgIpc) is 2.87. The highest BCUT2D eigenvalue weighted by atomic mass is 16.6. The van der Waals surface area contributed by atoms with Crippen LogP contribution in [0.5, 0.6) is 5.75 Å². The highest BCUT2D eigenvalue weighted by molar-refractivity contribution is 5.96. The monoisotopic (exact) mass is 474 g/mol. The van der Waals surface area contributed by atoms with Crippen molar-refractivity contribution >= 4 is 17.8 Å². The highest BCUT2D eigenvalue weighted by Crippen LogP contribution is 2.34. The molecule has 1 aliphatic heterocycles. The SMILES string of the molecule is CC(=O)O[C@@]1(N)CN(C(C(=O)OCc2ccccc2)c2ccc(OCc3ccccc3)cc2)C1=O. The van der Waals surface area contributed by atoms with Gasteiger partial charge in [0.25, 0.3) is 11.6 Å². The number of ether oxygens (including phenoxy) is 3. The fraction of sp³-hybridized carbons (Fsp3) is 0.222. The fourth-order valence-electron chi connectivity index (χ4n) is 3.82. The minimum absolute atomic E-state index is 0.0498. The molecule has 1 heterocycles. The summed E-state index contributed by atoms with van der Waals surface area (Å²) in [6.07, 6.45) is 0. The second-order valence-corrected chi connectivity index (χ2v) is 8.26. The predicted molar refractivity (Wildman–Crippen MR) is 127 cm³/mol. The number of esters is 2. The van der Waals surface area contributed by atoms with Gasteiger partial charge in [0.2, 0.25) is 0 Å². The standard InChI is InChI=1S/C27H26N2O6/c1-19(30)35-27(28)18-29(26(27)32)24(25(31)34-17-21-10-6-3-7-11-21)22-12-14-23(15-13-22)33-16-20-8-4-2-5-9-20/h2-15,24H,16-18,28H2,1H3/t24?,27-/m0/s1. The number of amides is 1. The van der Waals surface area contributed by atoms with Crippen molar-refractivity contribution in [3.63, 3.8) is 0 Å². The lowest BCUT2D eigenvalue weighted by molar-refractivity contribution is -0.199. The van der Waals surface area contributed by atoms with Crippen LogP contribution in [-0.2, 0) is 37.1 Å². The molecule has 1 fully saturated rings. The van der Waals surface area contributed by atoms with Crippen LogP contribution < -0.4 is 10.5 Å². The number of β-lactam (4-membered cyclic amide) rings is 1. The van der Waals surface area contributed by atoms with Gasteiger partial charge in [-0.25, -0.2) is 4.79 Å². The molecule has 0 saturated carbocycles. The summed E-state index contributed by atoms with van der Waals surface area (Å²) in [5.41, 5.74) is 6.50. The van der Waals surface area contributed by atoms with E-state index in [9.17, 15) is 14.4 Å². The van der Waals surface area contributed by atoms with Gasteiger partial charge in [0.1, 0.15) is 19.0 Å². The van der Waals surface area contributed by atoms with Gasteiger partial charge in [-0.3, -0.25) is 15.3 Å². The summed E-state index contributed by atoms with van der Waals surface area (Å²) in [6, 6.07) is 24.7. The molecule has 2 N–H and O–H groups in total. The molecule has 1 saturated heterocycles. The highest BCUT2D eigenvalue weighted by Gasteiger charge is 2.56. The quantitative estimate of drug-likeness (QED) is 0.288. The van der Waals surface area contributed by atoms with Gasteiger partial charge in [-0.1, -0.05) is 72.8 Å². The van der Waals surface area contributed by atoms with Gasteiger partial charge in [-0.15, -0.1) is 0 Å². The molecule has 1 aliphatic rings. The number of hydrogen-bond acceptors (Lipinski definition) is 7. The van der Waals surface area contributed by atoms with Crippen LogP contribution in [0.15, 0.2) is 84.9 Å². The van der Waals surface area contributed by atoms with E-state index in [0.29, 0.717) is 17.9 Å². The summed E-state index contributed by atoms with van der Waals surface area (Å²) < 4.78 is 16.3. The van der Waals surface area contributed by atoms with E-state index in [0.717, 1.165) is 11.1 Å². The lowest BCUT2D eigenvalue weighted by Gasteiger charge is -2.47. The van der Waals surface area contributed by atoms with Crippen LogP contribution in [-0.4, -0.2) is 35.0 Å². The first-order valence-electron chi connectivity index (χ1n) is 11.1. The van der Waals surface area contributed by atoms with Gasteiger partial charge < -0.3 is 19.1 Å². The summed E-state index contributed by atoms with van der Waals surface area (Å²) in [5.74, 6) is -1.36. The number of nitrogens with two attached hydrogens (primary N) is 1. The van der Waals surface area contributed by atoms with Crippen LogP contribution in [0.3, 0.4) is 0 Å². The largest absolute Gasteiger partial charge is 0.489 e. The molecule has 3 aromatic rings. The molecule has 0 bridgehead atoms. The van der Waals surface area contributed by atoms with Crippen LogP contribution in [0.2, 0.25) is 0 Å². The number of hydrogen-bond donors (Lipinski definition) is 1. The Balaban J connectivity index is 1.50. The van der Waals surface area contributed by atoms with Crippen LogP contribution in [0.4, 0.5) is 0 Å². The molecule has 0 aromatic heterocycles. The molecule has 2 atom stereocenters. The zero-order valence-corrected chi connectivity index (χ0v) is 19.3. The molecular formula is C27H26N2O6. The van der Waals surface area contributed by atoms with Crippen molar-refractivity contribution in [3.05, 3.63) is 102 Å². The zero-order chi connectivity index (χ0) is 24.8. The third-order valence-electron chi connectivity index (χ3n) is 5.56. The molecular weight excluding hydrogens is 448 g/mol. The van der Waals surface area contributed by atoms with E-state index in [-0.39, 0.29) is 13.2 Å². The maximum Gasteiger partial charge on any atom is 0.333 e. The Morgan fingerprint density at radius 1 is 0.914 bits per heavy atom. The number of carbonyl (C=O) groups is 3. The van der Waals surface area contributed by atoms with Crippen LogP contribution in [0, 0.1) is 0 Å². The third kappa shape index (κ3) is 5.67. The lowest BCUT2D eigenvalue weighted by atomic mass is 9.96. The van der Waals surface area contributed by atoms with Crippen LogP contribution in [0.1, 0.15) is 29.7 Å². The molecule has 8 heteroatoms. The van der Waals surface area contributed by atoms with Gasteiger partial charge in [0, 0.05) is 6.92 Å². The molecule has 35 heavy (non-hydrogen) atoms. The van der Waals surface area contributed by atoms with Crippen molar-refractivity contribution in [1.29, 1.82) is 0 Å². The van der Waals surface area contributed by atoms with E-state index in [1.165, 1.54) is 11.8 Å². The van der Waals surface area contributed by atoms with Crippen molar-refractivity contribution in [1.82, 2.24) is 4.90 Å². The van der Waals surface area contributed by atoms with E-state index < -0.39 is 29.6 Å². The average molecular weight is 475 g/mol. The molecule has 3 aromatic carbocycles. The van der Waals surface area contributed by atoms with Crippen LogP contribution >= 0.6 is 0 Å². The minimum atomic E-state index is -1.79.